The van der Waals surface area contributed by atoms with Crippen molar-refractivity contribution in [3.63, 3.8) is 0 Å². The molecule has 0 N–H and O–H groups in total. The van der Waals surface area contributed by atoms with Crippen LogP contribution in [0.4, 0.5) is 0 Å². The van der Waals surface area contributed by atoms with Crippen molar-refractivity contribution >= 4 is 21.9 Å². The lowest BCUT2D eigenvalue weighted by molar-refractivity contribution is -0.660. The minimum absolute atomic E-state index is 0.0210. The molecule has 34 heavy (non-hydrogen) atoms. The number of furan rings is 1. The highest BCUT2D eigenvalue weighted by molar-refractivity contribution is 6.11. The second kappa shape index (κ2) is 7.06. The second-order valence-corrected chi connectivity index (χ2v) is 10.9. The summed E-state index contributed by atoms with van der Waals surface area (Å²) in [4.78, 5) is 0. The molecular formula is C32H32NO+. The number of aromatic nitrogens is 1. The molecule has 0 spiro atoms. The van der Waals surface area contributed by atoms with E-state index in [4.69, 9.17) is 4.42 Å². The fraction of sp³-hybridized carbons (Fsp3) is 0.281. The van der Waals surface area contributed by atoms with Gasteiger partial charge in [0.1, 0.15) is 18.2 Å². The molecule has 6 rings (SSSR count). The third kappa shape index (κ3) is 2.78. The highest BCUT2D eigenvalue weighted by Gasteiger charge is 2.36. The third-order valence-corrected chi connectivity index (χ3v) is 7.94. The topological polar surface area (TPSA) is 17.0 Å². The molecule has 0 bridgehead atoms. The summed E-state index contributed by atoms with van der Waals surface area (Å²) in [5.74, 6) is 0.473. The van der Waals surface area contributed by atoms with E-state index in [1.807, 2.05) is 0 Å². The Bertz CT molecular complexity index is 1630. The molecule has 2 heteroatoms. The Hall–Kier alpha value is -3.39. The van der Waals surface area contributed by atoms with E-state index in [0.29, 0.717) is 5.92 Å². The average Bonchev–Trinajstić information content (AvgIpc) is 3.26. The van der Waals surface area contributed by atoms with Crippen molar-refractivity contribution in [2.24, 2.45) is 7.05 Å². The van der Waals surface area contributed by atoms with E-state index < -0.39 is 0 Å². The lowest BCUT2D eigenvalue weighted by Crippen LogP contribution is -2.32. The molecule has 2 aromatic heterocycles. The first-order chi connectivity index (χ1) is 16.2. The lowest BCUT2D eigenvalue weighted by Gasteiger charge is -2.21. The van der Waals surface area contributed by atoms with Crippen LogP contribution in [0.15, 0.2) is 65.2 Å². The van der Waals surface area contributed by atoms with E-state index in [1.54, 1.807) is 0 Å². The van der Waals surface area contributed by atoms with Crippen LogP contribution in [0.1, 0.15) is 61.4 Å². The van der Waals surface area contributed by atoms with E-state index in [0.717, 1.165) is 11.2 Å². The minimum atomic E-state index is -0.0210. The summed E-state index contributed by atoms with van der Waals surface area (Å²) in [6.45, 7) is 13.6. The summed E-state index contributed by atoms with van der Waals surface area (Å²) in [5, 5.41) is 2.39. The number of fused-ring (bicyclic) bond motifs is 6. The van der Waals surface area contributed by atoms with Crippen LogP contribution in [-0.4, -0.2) is 0 Å². The Morgan fingerprint density at radius 1 is 0.824 bits per heavy atom. The van der Waals surface area contributed by atoms with Crippen LogP contribution >= 0.6 is 0 Å². The van der Waals surface area contributed by atoms with Crippen LogP contribution in [0.25, 0.3) is 44.3 Å². The van der Waals surface area contributed by atoms with E-state index >= 15 is 0 Å². The number of hydrogen-bond acceptors (Lipinski definition) is 1. The van der Waals surface area contributed by atoms with Gasteiger partial charge in [-0.15, -0.1) is 0 Å². The fourth-order valence-corrected chi connectivity index (χ4v) is 6.12. The van der Waals surface area contributed by atoms with Gasteiger partial charge < -0.3 is 4.42 Å². The van der Waals surface area contributed by atoms with Crippen molar-refractivity contribution in [1.29, 1.82) is 0 Å². The standard InChI is InChI=1S/C32H32NO/c1-18(2)23-15-28(33(7)17-20(23)4)30-19(3)12-13-22-25-14-27-24(16-29(25)34-31(22)30)21-10-8-9-11-26(21)32(27,5)6/h8-18H,1-7H3/q+1. The number of nitrogens with zero attached hydrogens (tertiary/aromatic N) is 1. The van der Waals surface area contributed by atoms with Gasteiger partial charge in [0.2, 0.25) is 5.69 Å². The molecule has 0 saturated heterocycles. The molecule has 0 amide bonds. The Morgan fingerprint density at radius 3 is 2.35 bits per heavy atom. The molecule has 0 atom stereocenters. The van der Waals surface area contributed by atoms with E-state index in [9.17, 15) is 0 Å². The van der Waals surface area contributed by atoms with Gasteiger partial charge >= 0.3 is 0 Å². The molecule has 170 valence electrons. The normalized spacial score (nSPS) is 14.2. The van der Waals surface area contributed by atoms with Crippen LogP contribution < -0.4 is 4.57 Å². The number of benzene rings is 3. The van der Waals surface area contributed by atoms with Gasteiger partial charge in [0.05, 0.1) is 5.56 Å². The van der Waals surface area contributed by atoms with Gasteiger partial charge in [0.15, 0.2) is 6.20 Å². The van der Waals surface area contributed by atoms with Gasteiger partial charge in [0.25, 0.3) is 0 Å². The Kier molecular flexibility index (Phi) is 4.39. The molecular weight excluding hydrogens is 414 g/mol. The number of aryl methyl sites for hydroxylation is 3. The SMILES string of the molecule is Cc1c[n+](C)c(-c2c(C)ccc3c2oc2cc4c(cc23)C(C)(C)c2ccccc2-4)cc1C(C)C. The highest BCUT2D eigenvalue weighted by Crippen LogP contribution is 2.51. The lowest BCUT2D eigenvalue weighted by atomic mass is 9.82. The summed E-state index contributed by atoms with van der Waals surface area (Å²) in [6.07, 6.45) is 2.25. The van der Waals surface area contributed by atoms with Gasteiger partial charge in [-0.2, -0.15) is 0 Å². The molecule has 0 fully saturated rings. The number of rotatable bonds is 2. The maximum atomic E-state index is 6.70. The maximum Gasteiger partial charge on any atom is 0.216 e. The van der Waals surface area contributed by atoms with Crippen molar-refractivity contribution in [3.8, 4) is 22.4 Å². The van der Waals surface area contributed by atoms with Crippen molar-refractivity contribution in [1.82, 2.24) is 0 Å². The van der Waals surface area contributed by atoms with Crippen LogP contribution in [0, 0.1) is 13.8 Å². The fourth-order valence-electron chi connectivity index (χ4n) is 6.12. The smallest absolute Gasteiger partial charge is 0.216 e. The summed E-state index contributed by atoms with van der Waals surface area (Å²) < 4.78 is 8.95. The van der Waals surface area contributed by atoms with Crippen LogP contribution in [-0.2, 0) is 12.5 Å². The monoisotopic (exact) mass is 446 g/mol. The van der Waals surface area contributed by atoms with Crippen molar-refractivity contribution in [2.75, 3.05) is 0 Å². The zero-order valence-corrected chi connectivity index (χ0v) is 21.2. The van der Waals surface area contributed by atoms with Crippen molar-refractivity contribution < 1.29 is 8.98 Å². The number of pyridine rings is 1. The van der Waals surface area contributed by atoms with Crippen LogP contribution in [0.3, 0.4) is 0 Å². The van der Waals surface area contributed by atoms with Gasteiger partial charge in [-0.05, 0) is 65.3 Å². The van der Waals surface area contributed by atoms with E-state index in [-0.39, 0.29) is 5.41 Å². The minimum Gasteiger partial charge on any atom is -0.455 e. The van der Waals surface area contributed by atoms with Crippen molar-refractivity contribution in [3.05, 3.63) is 88.6 Å². The number of hydrogen-bond donors (Lipinski definition) is 0. The first-order valence-corrected chi connectivity index (χ1v) is 12.3. The predicted octanol–water partition coefficient (Wildman–Crippen LogP) is 8.12. The zero-order chi connectivity index (χ0) is 23.9. The summed E-state index contributed by atoms with van der Waals surface area (Å²) >= 11 is 0. The maximum absolute atomic E-state index is 6.70. The summed E-state index contributed by atoms with van der Waals surface area (Å²) in [5.41, 5.74) is 13.7. The van der Waals surface area contributed by atoms with Crippen molar-refractivity contribution in [2.45, 2.75) is 52.9 Å². The van der Waals surface area contributed by atoms with Crippen LogP contribution in [0.5, 0.6) is 0 Å². The molecule has 2 heterocycles. The highest BCUT2D eigenvalue weighted by atomic mass is 16.3. The predicted molar refractivity (Wildman–Crippen MR) is 141 cm³/mol. The summed E-state index contributed by atoms with van der Waals surface area (Å²) in [7, 11) is 2.14. The van der Waals surface area contributed by atoms with Crippen LogP contribution in [0.2, 0.25) is 0 Å². The second-order valence-electron chi connectivity index (χ2n) is 10.9. The molecule has 0 saturated carbocycles. The molecule has 0 radical (unpaired) electrons. The van der Waals surface area contributed by atoms with E-state index in [2.05, 4.69) is 114 Å². The zero-order valence-electron chi connectivity index (χ0n) is 21.2. The molecule has 0 unspecified atom stereocenters. The Balaban J connectivity index is 1.67. The van der Waals surface area contributed by atoms with Gasteiger partial charge in [-0.3, -0.25) is 0 Å². The quantitative estimate of drug-likeness (QED) is 0.250. The molecule has 5 aromatic rings. The molecule has 1 aliphatic carbocycles. The van der Waals surface area contributed by atoms with Gasteiger partial charge in [0, 0.05) is 27.8 Å². The first kappa shape index (κ1) is 21.2. The largest absolute Gasteiger partial charge is 0.455 e. The molecule has 1 aliphatic rings. The van der Waals surface area contributed by atoms with E-state index in [1.165, 1.54) is 61.0 Å². The molecule has 0 aliphatic heterocycles. The summed E-state index contributed by atoms with van der Waals surface area (Å²) in [6, 6.07) is 20.3. The first-order valence-electron chi connectivity index (χ1n) is 12.3. The van der Waals surface area contributed by atoms with Gasteiger partial charge in [-0.25, -0.2) is 4.57 Å². The third-order valence-electron chi connectivity index (χ3n) is 7.94. The van der Waals surface area contributed by atoms with Gasteiger partial charge in [-0.1, -0.05) is 64.1 Å². The molecule has 3 aromatic carbocycles. The Labute approximate surface area is 201 Å². The Morgan fingerprint density at radius 2 is 1.59 bits per heavy atom. The molecule has 2 nitrogen and oxygen atoms in total. The average molecular weight is 447 g/mol.